The van der Waals surface area contributed by atoms with Gasteiger partial charge < -0.3 is 0 Å². The van der Waals surface area contributed by atoms with Crippen LogP contribution in [0.2, 0.25) is 0 Å². The standard InChI is InChI=1S/C9H20/c1-5-7-8-9(3,4)6-2/h5-8H2,1-4H3. The van der Waals surface area contributed by atoms with Crippen molar-refractivity contribution in [1.29, 1.82) is 0 Å². The molecule has 0 unspecified atom stereocenters. The summed E-state index contributed by atoms with van der Waals surface area (Å²) >= 11 is 0. The molecule has 0 bridgehead atoms. The van der Waals surface area contributed by atoms with Crippen LogP contribution in [0, 0.1) is 5.41 Å². The predicted octanol–water partition coefficient (Wildman–Crippen LogP) is 3.61. The first kappa shape index (κ1) is 9.00. The molecule has 0 aromatic rings. The first-order valence-corrected chi connectivity index (χ1v) is 4.12. The van der Waals surface area contributed by atoms with Crippen molar-refractivity contribution in [3.05, 3.63) is 0 Å². The van der Waals surface area contributed by atoms with Crippen LogP contribution in [-0.4, -0.2) is 0 Å². The third-order valence-corrected chi connectivity index (χ3v) is 2.16. The minimum absolute atomic E-state index is 0.593. The van der Waals surface area contributed by atoms with Crippen LogP contribution in [0.3, 0.4) is 0 Å². The Morgan fingerprint density at radius 2 is 1.67 bits per heavy atom. The topological polar surface area (TPSA) is 0 Å². The van der Waals surface area contributed by atoms with Crippen molar-refractivity contribution in [3.8, 4) is 0 Å². The van der Waals surface area contributed by atoms with Gasteiger partial charge in [-0.3, -0.25) is 0 Å². The summed E-state index contributed by atoms with van der Waals surface area (Å²) in [5.41, 5.74) is 0.593. The average Bonchev–Trinajstić information content (AvgIpc) is 1.84. The Balaban J connectivity index is 3.33. The summed E-state index contributed by atoms with van der Waals surface area (Å²) in [6, 6.07) is 0. The SMILES string of the molecule is CCCCC(C)(C)CC. The minimum atomic E-state index is 0.593. The predicted molar refractivity (Wildman–Crippen MR) is 43.6 cm³/mol. The molecule has 9 heavy (non-hydrogen) atoms. The van der Waals surface area contributed by atoms with Gasteiger partial charge in [0.15, 0.2) is 0 Å². The Hall–Kier alpha value is 0. The van der Waals surface area contributed by atoms with Gasteiger partial charge in [0.1, 0.15) is 0 Å². The molecule has 0 nitrogen and oxygen atoms in total. The van der Waals surface area contributed by atoms with E-state index in [4.69, 9.17) is 0 Å². The van der Waals surface area contributed by atoms with Gasteiger partial charge in [-0.25, -0.2) is 0 Å². The maximum Gasteiger partial charge on any atom is -0.0357 e. The van der Waals surface area contributed by atoms with E-state index in [0.717, 1.165) is 0 Å². The molecule has 0 heterocycles. The van der Waals surface area contributed by atoms with Crippen molar-refractivity contribution < 1.29 is 0 Å². The van der Waals surface area contributed by atoms with Crippen molar-refractivity contribution in [2.75, 3.05) is 0 Å². The summed E-state index contributed by atoms with van der Waals surface area (Å²) in [7, 11) is 0. The van der Waals surface area contributed by atoms with Gasteiger partial charge >= 0.3 is 0 Å². The summed E-state index contributed by atoms with van der Waals surface area (Å²) in [5.74, 6) is 0. The highest BCUT2D eigenvalue weighted by atomic mass is 14.2. The van der Waals surface area contributed by atoms with Crippen LogP contribution in [-0.2, 0) is 0 Å². The van der Waals surface area contributed by atoms with E-state index in [1.165, 1.54) is 25.7 Å². The zero-order chi connectivity index (χ0) is 7.33. The zero-order valence-corrected chi connectivity index (χ0v) is 7.33. The highest BCUT2D eigenvalue weighted by Crippen LogP contribution is 2.26. The Kier molecular flexibility index (Phi) is 3.92. The molecule has 0 fully saturated rings. The average molecular weight is 128 g/mol. The van der Waals surface area contributed by atoms with E-state index in [-0.39, 0.29) is 0 Å². The molecule has 0 spiro atoms. The summed E-state index contributed by atoms with van der Waals surface area (Å²) < 4.78 is 0. The molecular weight excluding hydrogens is 108 g/mol. The van der Waals surface area contributed by atoms with Crippen LogP contribution < -0.4 is 0 Å². The lowest BCUT2D eigenvalue weighted by molar-refractivity contribution is 0.311. The van der Waals surface area contributed by atoms with Gasteiger partial charge in [0.25, 0.3) is 0 Å². The van der Waals surface area contributed by atoms with Crippen LogP contribution in [0.5, 0.6) is 0 Å². The van der Waals surface area contributed by atoms with Gasteiger partial charge in [0.2, 0.25) is 0 Å². The van der Waals surface area contributed by atoms with Crippen LogP contribution in [0.1, 0.15) is 53.4 Å². The highest BCUT2D eigenvalue weighted by molar-refractivity contribution is 4.64. The van der Waals surface area contributed by atoms with Crippen molar-refractivity contribution in [3.63, 3.8) is 0 Å². The molecule has 0 amide bonds. The van der Waals surface area contributed by atoms with Crippen LogP contribution in [0.4, 0.5) is 0 Å². The summed E-state index contributed by atoms with van der Waals surface area (Å²) in [4.78, 5) is 0. The van der Waals surface area contributed by atoms with Crippen molar-refractivity contribution in [1.82, 2.24) is 0 Å². The van der Waals surface area contributed by atoms with E-state index in [1.54, 1.807) is 0 Å². The summed E-state index contributed by atoms with van der Waals surface area (Å²) in [5, 5.41) is 0. The van der Waals surface area contributed by atoms with E-state index >= 15 is 0 Å². The van der Waals surface area contributed by atoms with Crippen LogP contribution >= 0.6 is 0 Å². The normalized spacial score (nSPS) is 12.0. The van der Waals surface area contributed by atoms with Gasteiger partial charge in [-0.2, -0.15) is 0 Å². The van der Waals surface area contributed by atoms with Crippen LogP contribution in [0.15, 0.2) is 0 Å². The maximum atomic E-state index is 2.35. The molecule has 56 valence electrons. The number of unbranched alkanes of at least 4 members (excludes halogenated alkanes) is 1. The van der Waals surface area contributed by atoms with Crippen molar-refractivity contribution in [2.45, 2.75) is 53.4 Å². The van der Waals surface area contributed by atoms with Gasteiger partial charge in [0, 0.05) is 0 Å². The zero-order valence-electron chi connectivity index (χ0n) is 7.33. The molecule has 0 radical (unpaired) electrons. The van der Waals surface area contributed by atoms with Crippen molar-refractivity contribution >= 4 is 0 Å². The first-order chi connectivity index (χ1) is 4.12. The summed E-state index contributed by atoms with van der Waals surface area (Å²) in [6.45, 7) is 9.23. The second-order valence-electron chi connectivity index (χ2n) is 3.62. The Bertz CT molecular complexity index is 62.4. The number of hydrogen-bond acceptors (Lipinski definition) is 0. The summed E-state index contributed by atoms with van der Waals surface area (Å²) in [6.07, 6.45) is 5.43. The van der Waals surface area contributed by atoms with Crippen molar-refractivity contribution in [2.24, 2.45) is 5.41 Å². The molecule has 0 aromatic carbocycles. The molecule has 0 saturated carbocycles. The molecule has 0 saturated heterocycles. The lowest BCUT2D eigenvalue weighted by atomic mass is 9.85. The molecule has 0 rings (SSSR count). The monoisotopic (exact) mass is 128 g/mol. The highest BCUT2D eigenvalue weighted by Gasteiger charge is 2.12. The second-order valence-corrected chi connectivity index (χ2v) is 3.62. The lowest BCUT2D eigenvalue weighted by Gasteiger charge is -2.21. The molecule has 0 aliphatic rings. The van der Waals surface area contributed by atoms with Crippen LogP contribution in [0.25, 0.3) is 0 Å². The quantitative estimate of drug-likeness (QED) is 0.542. The van der Waals surface area contributed by atoms with E-state index in [0.29, 0.717) is 5.41 Å². The molecule has 0 heteroatoms. The van der Waals surface area contributed by atoms with E-state index < -0.39 is 0 Å². The van der Waals surface area contributed by atoms with Gasteiger partial charge in [-0.05, 0) is 11.8 Å². The minimum Gasteiger partial charge on any atom is -0.0654 e. The third kappa shape index (κ3) is 4.50. The molecule has 0 N–H and O–H groups in total. The van der Waals surface area contributed by atoms with E-state index in [2.05, 4.69) is 27.7 Å². The van der Waals surface area contributed by atoms with E-state index in [1.807, 2.05) is 0 Å². The molecule has 0 aliphatic carbocycles. The fourth-order valence-electron chi connectivity index (χ4n) is 0.832. The Morgan fingerprint density at radius 1 is 1.11 bits per heavy atom. The van der Waals surface area contributed by atoms with Gasteiger partial charge in [-0.15, -0.1) is 0 Å². The second kappa shape index (κ2) is 3.92. The Morgan fingerprint density at radius 3 is 2.00 bits per heavy atom. The Labute approximate surface area is 59.7 Å². The fraction of sp³-hybridized carbons (Fsp3) is 1.00. The number of rotatable bonds is 4. The largest absolute Gasteiger partial charge is 0.0654 e. The number of hydrogen-bond donors (Lipinski definition) is 0. The lowest BCUT2D eigenvalue weighted by Crippen LogP contribution is -2.08. The fourth-order valence-corrected chi connectivity index (χ4v) is 0.832. The molecule has 0 aliphatic heterocycles. The van der Waals surface area contributed by atoms with E-state index in [9.17, 15) is 0 Å². The first-order valence-electron chi connectivity index (χ1n) is 4.12. The smallest absolute Gasteiger partial charge is 0.0357 e. The molecule has 0 atom stereocenters. The molecular formula is C9H20. The molecule has 0 aromatic heterocycles. The van der Waals surface area contributed by atoms with Gasteiger partial charge in [0.05, 0.1) is 0 Å². The maximum absolute atomic E-state index is 2.35. The third-order valence-electron chi connectivity index (χ3n) is 2.16. The van der Waals surface area contributed by atoms with Gasteiger partial charge in [-0.1, -0.05) is 47.0 Å².